The van der Waals surface area contributed by atoms with E-state index in [4.69, 9.17) is 14.2 Å². The Morgan fingerprint density at radius 1 is 1.23 bits per heavy atom. The van der Waals surface area contributed by atoms with Crippen molar-refractivity contribution in [2.24, 2.45) is 13.0 Å². The van der Waals surface area contributed by atoms with Crippen LogP contribution in [0.3, 0.4) is 0 Å². The molecule has 2 fully saturated rings. The molecule has 1 aromatic carbocycles. The van der Waals surface area contributed by atoms with Gasteiger partial charge in [-0.25, -0.2) is 4.39 Å². The standard InChI is InChI=1S/C23H32FN3O4/c1-14(25-15(2)28)12-29-17-6-8-18(9-7-17)31-23-26-22-20(24)10-19(11-21(22)27(23)3)30-13-16-4-5-16/h10-11,14,16-18H,4-9,12-13H2,1-3H3,(H,25,28)/t14-,17?,18?/m0/s1. The number of hydrogen-bond donors (Lipinski definition) is 1. The Hall–Kier alpha value is -2.35. The lowest BCUT2D eigenvalue weighted by Crippen LogP contribution is -2.37. The Morgan fingerprint density at radius 2 is 1.94 bits per heavy atom. The first-order valence-corrected chi connectivity index (χ1v) is 11.2. The molecule has 1 heterocycles. The number of carbonyl (C=O) groups excluding carboxylic acids is 1. The molecule has 0 radical (unpaired) electrons. The highest BCUT2D eigenvalue weighted by atomic mass is 19.1. The maximum atomic E-state index is 14.6. The molecule has 1 amide bonds. The van der Waals surface area contributed by atoms with Crippen LogP contribution < -0.4 is 14.8 Å². The van der Waals surface area contributed by atoms with Gasteiger partial charge in [-0.05, 0) is 51.4 Å². The Kier molecular flexibility index (Phi) is 6.65. The normalized spacial score (nSPS) is 22.3. The fraction of sp³-hybridized carbons (Fsp3) is 0.652. The second-order valence-electron chi connectivity index (χ2n) is 8.93. The first kappa shape index (κ1) is 21.9. The van der Waals surface area contributed by atoms with Gasteiger partial charge in [0.15, 0.2) is 5.82 Å². The minimum atomic E-state index is -0.390. The van der Waals surface area contributed by atoms with E-state index in [-0.39, 0.29) is 30.0 Å². The van der Waals surface area contributed by atoms with Gasteiger partial charge in [-0.2, -0.15) is 4.98 Å². The van der Waals surface area contributed by atoms with E-state index in [1.807, 2.05) is 20.0 Å². The molecule has 0 bridgehead atoms. The number of carbonyl (C=O) groups is 1. The van der Waals surface area contributed by atoms with Crippen molar-refractivity contribution < 1.29 is 23.4 Å². The Labute approximate surface area is 182 Å². The first-order chi connectivity index (χ1) is 14.9. The third-order valence-electron chi connectivity index (χ3n) is 5.98. The molecule has 1 atom stereocenters. The van der Waals surface area contributed by atoms with E-state index in [9.17, 15) is 9.18 Å². The van der Waals surface area contributed by atoms with Gasteiger partial charge in [0.1, 0.15) is 17.4 Å². The largest absolute Gasteiger partial charge is 0.493 e. The summed E-state index contributed by atoms with van der Waals surface area (Å²) in [6, 6.07) is 3.67. The zero-order chi connectivity index (χ0) is 22.0. The minimum Gasteiger partial charge on any atom is -0.493 e. The van der Waals surface area contributed by atoms with E-state index >= 15 is 0 Å². The van der Waals surface area contributed by atoms with Crippen LogP contribution in [0.4, 0.5) is 4.39 Å². The number of nitrogens with one attached hydrogen (secondary N) is 1. The number of ether oxygens (including phenoxy) is 3. The molecule has 170 valence electrons. The quantitative estimate of drug-likeness (QED) is 0.652. The van der Waals surface area contributed by atoms with Crippen molar-refractivity contribution >= 4 is 16.9 Å². The summed E-state index contributed by atoms with van der Waals surface area (Å²) in [6.07, 6.45) is 6.04. The summed E-state index contributed by atoms with van der Waals surface area (Å²) in [7, 11) is 1.84. The molecule has 2 aromatic rings. The predicted octanol–water partition coefficient (Wildman–Crippen LogP) is 3.73. The molecule has 2 aliphatic carbocycles. The zero-order valence-electron chi connectivity index (χ0n) is 18.5. The van der Waals surface area contributed by atoms with Gasteiger partial charge in [0.05, 0.1) is 24.8 Å². The lowest BCUT2D eigenvalue weighted by atomic mass is 9.95. The molecule has 0 unspecified atom stereocenters. The van der Waals surface area contributed by atoms with Gasteiger partial charge in [0.25, 0.3) is 6.01 Å². The van der Waals surface area contributed by atoms with Crippen molar-refractivity contribution in [2.45, 2.75) is 70.6 Å². The molecule has 2 saturated carbocycles. The van der Waals surface area contributed by atoms with Crippen LogP contribution in [0.1, 0.15) is 52.4 Å². The third-order valence-corrected chi connectivity index (χ3v) is 5.98. The van der Waals surface area contributed by atoms with E-state index < -0.39 is 0 Å². The van der Waals surface area contributed by atoms with Gasteiger partial charge < -0.3 is 19.5 Å². The molecule has 7 nitrogen and oxygen atoms in total. The maximum Gasteiger partial charge on any atom is 0.297 e. The summed E-state index contributed by atoms with van der Waals surface area (Å²) in [4.78, 5) is 15.5. The Morgan fingerprint density at radius 3 is 2.61 bits per heavy atom. The van der Waals surface area contributed by atoms with Crippen molar-refractivity contribution in [1.29, 1.82) is 0 Å². The van der Waals surface area contributed by atoms with Crippen LogP contribution in [0.2, 0.25) is 0 Å². The number of halogens is 1. The summed E-state index contributed by atoms with van der Waals surface area (Å²) in [6.45, 7) is 4.59. The second-order valence-corrected chi connectivity index (χ2v) is 8.93. The molecule has 0 aliphatic heterocycles. The van der Waals surface area contributed by atoms with Gasteiger partial charge in [0.2, 0.25) is 5.91 Å². The molecule has 8 heteroatoms. The van der Waals surface area contributed by atoms with Gasteiger partial charge >= 0.3 is 0 Å². The topological polar surface area (TPSA) is 74.6 Å². The summed E-state index contributed by atoms with van der Waals surface area (Å²) in [5.41, 5.74) is 0.977. The molecule has 0 saturated heterocycles. The minimum absolute atomic E-state index is 0.000450. The van der Waals surface area contributed by atoms with Crippen LogP contribution in [-0.2, 0) is 16.6 Å². The van der Waals surface area contributed by atoms with Crippen LogP contribution in [0, 0.1) is 11.7 Å². The predicted molar refractivity (Wildman–Crippen MR) is 115 cm³/mol. The Balaban J connectivity index is 1.32. The molecular formula is C23H32FN3O4. The number of hydrogen-bond acceptors (Lipinski definition) is 5. The SMILES string of the molecule is CC(=O)N[C@@H](C)COC1CCC(Oc2nc3c(F)cc(OCC4CC4)cc3n2C)CC1. The van der Waals surface area contributed by atoms with Crippen LogP contribution in [0.15, 0.2) is 12.1 Å². The second kappa shape index (κ2) is 9.42. The number of imidazole rings is 1. The van der Waals surface area contributed by atoms with E-state index in [2.05, 4.69) is 10.3 Å². The maximum absolute atomic E-state index is 14.6. The third kappa shape index (κ3) is 5.67. The average molecular weight is 434 g/mol. The lowest BCUT2D eigenvalue weighted by molar-refractivity contribution is -0.120. The highest BCUT2D eigenvalue weighted by molar-refractivity contribution is 5.79. The summed E-state index contributed by atoms with van der Waals surface area (Å²) < 4.78 is 34.2. The molecule has 1 N–H and O–H groups in total. The van der Waals surface area contributed by atoms with Crippen molar-refractivity contribution in [1.82, 2.24) is 14.9 Å². The zero-order valence-corrected chi connectivity index (χ0v) is 18.5. The molecule has 1 aromatic heterocycles. The lowest BCUT2D eigenvalue weighted by Gasteiger charge is -2.29. The number of aryl methyl sites for hydroxylation is 1. The van der Waals surface area contributed by atoms with Gasteiger partial charge in [-0.3, -0.25) is 9.36 Å². The van der Waals surface area contributed by atoms with Crippen LogP contribution >= 0.6 is 0 Å². The molecule has 0 spiro atoms. The van der Waals surface area contributed by atoms with Crippen LogP contribution in [-0.4, -0.2) is 46.9 Å². The van der Waals surface area contributed by atoms with Crippen molar-refractivity contribution in [2.75, 3.05) is 13.2 Å². The highest BCUT2D eigenvalue weighted by Gasteiger charge is 2.26. The van der Waals surface area contributed by atoms with Crippen molar-refractivity contribution in [3.63, 3.8) is 0 Å². The van der Waals surface area contributed by atoms with E-state index in [1.54, 1.807) is 4.57 Å². The Bertz CT molecular complexity index is 919. The summed E-state index contributed by atoms with van der Waals surface area (Å²) in [5, 5.41) is 2.83. The summed E-state index contributed by atoms with van der Waals surface area (Å²) >= 11 is 0. The smallest absolute Gasteiger partial charge is 0.297 e. The molecular weight excluding hydrogens is 401 g/mol. The van der Waals surface area contributed by atoms with E-state index in [1.165, 1.54) is 25.8 Å². The average Bonchev–Trinajstić information content (AvgIpc) is 3.51. The summed E-state index contributed by atoms with van der Waals surface area (Å²) in [5.74, 6) is 0.711. The van der Waals surface area contributed by atoms with E-state index in [0.29, 0.717) is 41.9 Å². The number of rotatable bonds is 9. The van der Waals surface area contributed by atoms with Gasteiger partial charge in [-0.15, -0.1) is 0 Å². The van der Waals surface area contributed by atoms with E-state index in [0.717, 1.165) is 25.7 Å². The fourth-order valence-electron chi connectivity index (χ4n) is 4.02. The van der Waals surface area contributed by atoms with Gasteiger partial charge in [0, 0.05) is 32.1 Å². The first-order valence-electron chi connectivity index (χ1n) is 11.2. The number of nitrogens with zero attached hydrogens (tertiary/aromatic N) is 2. The fourth-order valence-corrected chi connectivity index (χ4v) is 4.02. The monoisotopic (exact) mass is 433 g/mol. The molecule has 31 heavy (non-hydrogen) atoms. The number of aromatic nitrogens is 2. The van der Waals surface area contributed by atoms with Gasteiger partial charge in [-0.1, -0.05) is 0 Å². The molecule has 2 aliphatic rings. The van der Waals surface area contributed by atoms with Crippen LogP contribution in [0.25, 0.3) is 11.0 Å². The van der Waals surface area contributed by atoms with Crippen molar-refractivity contribution in [3.8, 4) is 11.8 Å². The number of fused-ring (bicyclic) bond motifs is 1. The number of benzene rings is 1. The van der Waals surface area contributed by atoms with Crippen molar-refractivity contribution in [3.05, 3.63) is 17.9 Å². The number of amides is 1. The van der Waals surface area contributed by atoms with Crippen LogP contribution in [0.5, 0.6) is 11.8 Å². The molecule has 4 rings (SSSR count). The highest BCUT2D eigenvalue weighted by Crippen LogP contribution is 2.32.